The van der Waals surface area contributed by atoms with E-state index >= 15 is 0 Å². The highest BCUT2D eigenvalue weighted by Crippen LogP contribution is 2.35. The lowest BCUT2D eigenvalue weighted by Crippen LogP contribution is -1.95. The molecular weight excluding hydrogens is 414 g/mol. The van der Waals surface area contributed by atoms with Crippen molar-refractivity contribution in [1.82, 2.24) is 19.7 Å². The Morgan fingerprint density at radius 2 is 1.84 bits per heavy atom. The number of aldehydes is 1. The van der Waals surface area contributed by atoms with Crippen molar-refractivity contribution in [1.29, 1.82) is 0 Å². The van der Waals surface area contributed by atoms with Crippen LogP contribution in [0.4, 0.5) is 8.78 Å². The van der Waals surface area contributed by atoms with Gasteiger partial charge in [0.2, 0.25) is 5.89 Å². The van der Waals surface area contributed by atoms with Crippen molar-refractivity contribution in [3.05, 3.63) is 77.6 Å². The molecule has 0 atom stereocenters. The molecule has 0 aliphatic carbocycles. The van der Waals surface area contributed by atoms with Gasteiger partial charge in [-0.2, -0.15) is 0 Å². The number of halogens is 2. The highest BCUT2D eigenvalue weighted by molar-refractivity contribution is 5.88. The second-order valence-corrected chi connectivity index (χ2v) is 7.43. The summed E-state index contributed by atoms with van der Waals surface area (Å²) < 4.78 is 35.9. The summed E-state index contributed by atoms with van der Waals surface area (Å²) in [5, 5.41) is 8.00. The summed E-state index contributed by atoms with van der Waals surface area (Å²) in [6.45, 7) is 1.54. The van der Waals surface area contributed by atoms with Gasteiger partial charge in [-0.05, 0) is 48.4 Å². The first-order valence-corrected chi connectivity index (χ1v) is 9.76. The number of carbonyl (C=O) groups is 1. The lowest BCUT2D eigenvalue weighted by atomic mass is 9.97. The highest BCUT2D eigenvalue weighted by atomic mass is 19.1. The Kier molecular flexibility index (Phi) is 4.62. The topological polar surface area (TPSA) is 73.8 Å². The van der Waals surface area contributed by atoms with Crippen LogP contribution in [0.2, 0.25) is 0 Å². The van der Waals surface area contributed by atoms with Gasteiger partial charge in [0.15, 0.2) is 17.7 Å². The molecule has 158 valence electrons. The first kappa shape index (κ1) is 19.7. The number of aromatic nitrogens is 4. The van der Waals surface area contributed by atoms with E-state index in [-0.39, 0.29) is 28.4 Å². The van der Waals surface area contributed by atoms with E-state index in [0.717, 1.165) is 11.1 Å². The Morgan fingerprint density at radius 3 is 2.59 bits per heavy atom. The third-order valence-electron chi connectivity index (χ3n) is 5.35. The Balaban J connectivity index is 1.65. The molecule has 0 unspecified atom stereocenters. The highest BCUT2D eigenvalue weighted by Gasteiger charge is 2.18. The van der Waals surface area contributed by atoms with Crippen LogP contribution >= 0.6 is 0 Å². The van der Waals surface area contributed by atoms with Crippen LogP contribution in [0.5, 0.6) is 0 Å². The zero-order valence-corrected chi connectivity index (χ0v) is 17.1. The fraction of sp³-hybridized carbons (Fsp3) is 0.0833. The zero-order chi connectivity index (χ0) is 22.4. The molecule has 5 rings (SSSR count). The molecule has 0 spiro atoms. The van der Waals surface area contributed by atoms with E-state index in [1.54, 1.807) is 30.9 Å². The van der Waals surface area contributed by atoms with E-state index < -0.39 is 5.82 Å². The van der Waals surface area contributed by atoms with Crippen LogP contribution in [0.1, 0.15) is 15.9 Å². The molecule has 0 radical (unpaired) electrons. The van der Waals surface area contributed by atoms with Crippen molar-refractivity contribution < 1.29 is 18.0 Å². The maximum absolute atomic E-state index is 14.3. The number of fused-ring (bicyclic) bond motifs is 1. The first-order chi connectivity index (χ1) is 15.5. The standard InChI is InChI=1S/C24H16F2N4O2/c1-13-21(26)16(11-31)9-20-22(13)32-24(28-20)15-5-3-4-14(8-15)18-7-6-17(25)10-19(18)23-29-27-12-30(23)2/h3-12H,1-2H3. The average Bonchev–Trinajstić information content (AvgIpc) is 3.42. The summed E-state index contributed by atoms with van der Waals surface area (Å²) in [6, 6.07) is 13.2. The van der Waals surface area contributed by atoms with Crippen molar-refractivity contribution in [3.63, 3.8) is 0 Å². The van der Waals surface area contributed by atoms with Crippen LogP contribution in [-0.2, 0) is 7.05 Å². The zero-order valence-electron chi connectivity index (χ0n) is 17.1. The van der Waals surface area contributed by atoms with E-state index in [2.05, 4.69) is 15.2 Å². The third-order valence-corrected chi connectivity index (χ3v) is 5.35. The SMILES string of the molecule is Cc1c(F)c(C=O)cc2nc(-c3cccc(-c4ccc(F)cc4-c4nncn4C)c3)oc12. The van der Waals surface area contributed by atoms with Crippen LogP contribution in [0, 0.1) is 18.6 Å². The number of carbonyl (C=O) groups excluding carboxylic acids is 1. The molecule has 0 bridgehead atoms. The number of oxazole rings is 1. The molecule has 0 amide bonds. The van der Waals surface area contributed by atoms with Crippen LogP contribution in [0.15, 0.2) is 59.3 Å². The summed E-state index contributed by atoms with van der Waals surface area (Å²) in [4.78, 5) is 15.6. The smallest absolute Gasteiger partial charge is 0.227 e. The van der Waals surface area contributed by atoms with Gasteiger partial charge < -0.3 is 8.98 Å². The molecule has 0 aliphatic heterocycles. The van der Waals surface area contributed by atoms with E-state index in [9.17, 15) is 13.6 Å². The number of hydrogen-bond donors (Lipinski definition) is 0. The van der Waals surface area contributed by atoms with Crippen molar-refractivity contribution >= 4 is 17.4 Å². The Bertz CT molecular complexity index is 1500. The fourth-order valence-electron chi connectivity index (χ4n) is 3.73. The Morgan fingerprint density at radius 1 is 1.03 bits per heavy atom. The maximum Gasteiger partial charge on any atom is 0.227 e. The molecule has 3 aromatic carbocycles. The molecule has 5 aromatic rings. The van der Waals surface area contributed by atoms with Gasteiger partial charge in [0.25, 0.3) is 0 Å². The van der Waals surface area contributed by atoms with Gasteiger partial charge in [-0.25, -0.2) is 13.8 Å². The second-order valence-electron chi connectivity index (χ2n) is 7.43. The average molecular weight is 430 g/mol. The monoisotopic (exact) mass is 430 g/mol. The van der Waals surface area contributed by atoms with Gasteiger partial charge >= 0.3 is 0 Å². The van der Waals surface area contributed by atoms with Crippen LogP contribution in [0.25, 0.3) is 45.1 Å². The molecule has 0 N–H and O–H groups in total. The lowest BCUT2D eigenvalue weighted by Gasteiger charge is -2.10. The normalized spacial score (nSPS) is 11.2. The van der Waals surface area contributed by atoms with Crippen molar-refractivity contribution in [2.24, 2.45) is 7.05 Å². The summed E-state index contributed by atoms with van der Waals surface area (Å²) >= 11 is 0. The molecular formula is C24H16F2N4O2. The van der Waals surface area contributed by atoms with E-state index in [1.165, 1.54) is 18.2 Å². The number of hydrogen-bond acceptors (Lipinski definition) is 5. The molecule has 8 heteroatoms. The minimum Gasteiger partial charge on any atom is -0.436 e. The van der Waals surface area contributed by atoms with Crippen molar-refractivity contribution in [2.45, 2.75) is 6.92 Å². The minimum absolute atomic E-state index is 0.0665. The van der Waals surface area contributed by atoms with Gasteiger partial charge in [-0.15, -0.1) is 10.2 Å². The quantitative estimate of drug-likeness (QED) is 0.359. The summed E-state index contributed by atoms with van der Waals surface area (Å²) in [7, 11) is 1.79. The molecule has 0 saturated carbocycles. The Hall–Kier alpha value is -4.20. The third kappa shape index (κ3) is 3.17. The molecule has 2 heterocycles. The number of nitrogens with zero attached hydrogens (tertiary/aromatic N) is 4. The van der Waals surface area contributed by atoms with Crippen LogP contribution < -0.4 is 0 Å². The minimum atomic E-state index is -0.622. The predicted octanol–water partition coefficient (Wildman–Crippen LogP) is 5.36. The van der Waals surface area contributed by atoms with Crippen LogP contribution in [-0.4, -0.2) is 26.0 Å². The fourth-order valence-corrected chi connectivity index (χ4v) is 3.73. The first-order valence-electron chi connectivity index (χ1n) is 9.76. The molecule has 0 saturated heterocycles. The summed E-state index contributed by atoms with van der Waals surface area (Å²) in [6.07, 6.45) is 2.01. The molecule has 32 heavy (non-hydrogen) atoms. The van der Waals surface area contributed by atoms with Gasteiger partial charge in [-0.3, -0.25) is 4.79 Å². The largest absolute Gasteiger partial charge is 0.436 e. The number of benzene rings is 3. The van der Waals surface area contributed by atoms with E-state index in [1.807, 2.05) is 24.3 Å². The summed E-state index contributed by atoms with van der Waals surface area (Å²) in [5.41, 5.74) is 3.63. The number of aryl methyl sites for hydroxylation is 2. The Labute approximate surface area is 181 Å². The molecule has 2 aromatic heterocycles. The van der Waals surface area contributed by atoms with E-state index in [0.29, 0.717) is 28.8 Å². The maximum atomic E-state index is 14.3. The molecule has 0 fully saturated rings. The van der Waals surface area contributed by atoms with Gasteiger partial charge in [0.1, 0.15) is 23.5 Å². The molecule has 0 aliphatic rings. The van der Waals surface area contributed by atoms with Gasteiger partial charge in [0, 0.05) is 23.7 Å². The van der Waals surface area contributed by atoms with E-state index in [4.69, 9.17) is 4.42 Å². The van der Waals surface area contributed by atoms with Crippen molar-refractivity contribution in [3.8, 4) is 34.0 Å². The molecule has 6 nitrogen and oxygen atoms in total. The van der Waals surface area contributed by atoms with Gasteiger partial charge in [0.05, 0.1) is 5.56 Å². The summed E-state index contributed by atoms with van der Waals surface area (Å²) in [5.74, 6) is -0.192. The lowest BCUT2D eigenvalue weighted by molar-refractivity contribution is 0.112. The van der Waals surface area contributed by atoms with Crippen molar-refractivity contribution in [2.75, 3.05) is 0 Å². The number of rotatable bonds is 4. The van der Waals surface area contributed by atoms with Gasteiger partial charge in [-0.1, -0.05) is 18.2 Å². The predicted molar refractivity (Wildman–Crippen MR) is 115 cm³/mol. The second kappa shape index (κ2) is 7.49. The van der Waals surface area contributed by atoms with Crippen LogP contribution in [0.3, 0.4) is 0 Å².